The topological polar surface area (TPSA) is 46.3 Å². The van der Waals surface area contributed by atoms with Gasteiger partial charge in [0.25, 0.3) is 5.91 Å². The third-order valence-electron chi connectivity index (χ3n) is 3.78. The van der Waals surface area contributed by atoms with Crippen LogP contribution >= 0.6 is 0 Å². The number of carbonyl (C=O) groups is 1. The Balaban J connectivity index is 1.85. The fourth-order valence-electron chi connectivity index (χ4n) is 2.59. The summed E-state index contributed by atoms with van der Waals surface area (Å²) < 4.78 is 18.0. The zero-order valence-corrected chi connectivity index (χ0v) is 11.4. The van der Waals surface area contributed by atoms with E-state index in [0.717, 1.165) is 12.0 Å². The summed E-state index contributed by atoms with van der Waals surface area (Å²) in [5.41, 5.74) is 2.10. The van der Waals surface area contributed by atoms with Crippen molar-refractivity contribution in [1.29, 1.82) is 0 Å². The van der Waals surface area contributed by atoms with Gasteiger partial charge in [0.15, 0.2) is 0 Å². The molecule has 0 radical (unpaired) electrons. The summed E-state index contributed by atoms with van der Waals surface area (Å²) >= 11 is 0. The lowest BCUT2D eigenvalue weighted by atomic mass is 9.93. The molecule has 1 saturated heterocycles. The molecule has 1 unspecified atom stereocenters. The molecule has 5 heteroatoms. The Labute approximate surface area is 116 Å². The number of aromatic nitrogens is 1. The third-order valence-corrected chi connectivity index (χ3v) is 3.78. The maximum atomic E-state index is 13.0. The Morgan fingerprint density at radius 3 is 2.55 bits per heavy atom. The summed E-state index contributed by atoms with van der Waals surface area (Å²) in [4.78, 5) is 14.3. The fraction of sp³-hybridized carbons (Fsp3) is 0.333. The van der Waals surface area contributed by atoms with Crippen LogP contribution < -0.4 is 0 Å². The van der Waals surface area contributed by atoms with E-state index < -0.39 is 0 Å². The first kappa shape index (κ1) is 12.8. The number of likely N-dealkylation sites (tertiary alicyclic amines) is 1. The van der Waals surface area contributed by atoms with Crippen LogP contribution in [-0.2, 0) is 0 Å². The second-order valence-corrected chi connectivity index (χ2v) is 5.05. The van der Waals surface area contributed by atoms with E-state index in [9.17, 15) is 9.18 Å². The first-order valence-corrected chi connectivity index (χ1v) is 6.57. The third kappa shape index (κ3) is 1.99. The molecule has 0 bridgehead atoms. The van der Waals surface area contributed by atoms with Gasteiger partial charge in [0.1, 0.15) is 17.1 Å². The van der Waals surface area contributed by atoms with Gasteiger partial charge in [-0.2, -0.15) is 0 Å². The van der Waals surface area contributed by atoms with Crippen LogP contribution in [0.15, 0.2) is 28.8 Å². The molecular weight excluding hydrogens is 259 g/mol. The number of benzene rings is 1. The first-order valence-electron chi connectivity index (χ1n) is 6.57. The molecule has 1 aromatic heterocycles. The van der Waals surface area contributed by atoms with Gasteiger partial charge in [0, 0.05) is 6.54 Å². The minimum Gasteiger partial charge on any atom is -0.361 e. The summed E-state index contributed by atoms with van der Waals surface area (Å²) in [6.07, 6.45) is 0.890. The highest BCUT2D eigenvalue weighted by Gasteiger charge is 2.36. The molecule has 1 amide bonds. The molecule has 0 N–H and O–H groups in total. The Bertz CT molecular complexity index is 629. The highest BCUT2D eigenvalue weighted by molar-refractivity contribution is 5.96. The number of carbonyl (C=O) groups excluding carboxylic acids is 1. The van der Waals surface area contributed by atoms with Crippen molar-refractivity contribution in [2.75, 3.05) is 6.54 Å². The van der Waals surface area contributed by atoms with Crippen LogP contribution in [0, 0.1) is 19.7 Å². The van der Waals surface area contributed by atoms with Crippen molar-refractivity contribution in [3.63, 3.8) is 0 Å². The molecule has 2 heterocycles. The molecule has 1 fully saturated rings. The highest BCUT2D eigenvalue weighted by atomic mass is 19.1. The van der Waals surface area contributed by atoms with Gasteiger partial charge < -0.3 is 9.42 Å². The van der Waals surface area contributed by atoms with Gasteiger partial charge in [-0.15, -0.1) is 0 Å². The second-order valence-electron chi connectivity index (χ2n) is 5.05. The van der Waals surface area contributed by atoms with Crippen molar-refractivity contribution in [3.05, 3.63) is 52.7 Å². The van der Waals surface area contributed by atoms with Gasteiger partial charge >= 0.3 is 0 Å². The van der Waals surface area contributed by atoms with Gasteiger partial charge in [-0.1, -0.05) is 17.3 Å². The average Bonchev–Trinajstić information content (AvgIpc) is 2.70. The molecule has 3 rings (SSSR count). The van der Waals surface area contributed by atoms with E-state index in [0.29, 0.717) is 23.6 Å². The number of rotatable bonds is 2. The largest absolute Gasteiger partial charge is 0.361 e. The molecule has 1 atom stereocenters. The van der Waals surface area contributed by atoms with Crippen LogP contribution in [-0.4, -0.2) is 22.5 Å². The van der Waals surface area contributed by atoms with E-state index in [1.54, 1.807) is 30.9 Å². The van der Waals surface area contributed by atoms with Crippen LogP contribution in [0.5, 0.6) is 0 Å². The normalized spacial score (nSPS) is 17.9. The molecule has 20 heavy (non-hydrogen) atoms. The number of amides is 1. The zero-order chi connectivity index (χ0) is 14.3. The number of aryl methyl sites for hydroxylation is 2. The predicted molar refractivity (Wildman–Crippen MR) is 70.8 cm³/mol. The first-order chi connectivity index (χ1) is 9.58. The Kier molecular flexibility index (Phi) is 3.04. The zero-order valence-electron chi connectivity index (χ0n) is 11.4. The standard InChI is InChI=1S/C15H15FN2O2/c1-9-14(10(2)20-17-9)15(19)18-8-7-13(18)11-3-5-12(16)6-4-11/h3-6,13H,7-8H2,1-2H3. The van der Waals surface area contributed by atoms with Gasteiger partial charge in [-0.05, 0) is 38.0 Å². The smallest absolute Gasteiger partial charge is 0.259 e. The summed E-state index contributed by atoms with van der Waals surface area (Å²) in [5, 5.41) is 3.82. The molecule has 2 aromatic rings. The summed E-state index contributed by atoms with van der Waals surface area (Å²) in [7, 11) is 0. The summed E-state index contributed by atoms with van der Waals surface area (Å²) in [6, 6.07) is 6.31. The van der Waals surface area contributed by atoms with E-state index >= 15 is 0 Å². The lowest BCUT2D eigenvalue weighted by molar-refractivity contribution is 0.0458. The van der Waals surface area contributed by atoms with Crippen LogP contribution in [0.4, 0.5) is 4.39 Å². The molecule has 0 spiro atoms. The van der Waals surface area contributed by atoms with Gasteiger partial charge in [-0.3, -0.25) is 4.79 Å². The molecule has 1 aromatic carbocycles. The van der Waals surface area contributed by atoms with E-state index in [1.165, 1.54) is 12.1 Å². The average molecular weight is 274 g/mol. The predicted octanol–water partition coefficient (Wildman–Crippen LogP) is 3.02. The summed E-state index contributed by atoms with van der Waals surface area (Å²) in [6.45, 7) is 4.20. The van der Waals surface area contributed by atoms with Crippen LogP contribution in [0.25, 0.3) is 0 Å². The van der Waals surface area contributed by atoms with Crippen molar-refractivity contribution >= 4 is 5.91 Å². The maximum Gasteiger partial charge on any atom is 0.259 e. The molecule has 1 aliphatic heterocycles. The van der Waals surface area contributed by atoms with Crippen LogP contribution in [0.1, 0.15) is 39.8 Å². The summed E-state index contributed by atoms with van der Waals surface area (Å²) in [5.74, 6) is 0.204. The minimum absolute atomic E-state index is 0.0109. The molecule has 0 aliphatic carbocycles. The minimum atomic E-state index is -0.267. The van der Waals surface area contributed by atoms with Gasteiger partial charge in [0.2, 0.25) is 0 Å². The van der Waals surface area contributed by atoms with Crippen molar-refractivity contribution in [2.24, 2.45) is 0 Å². The second kappa shape index (κ2) is 4.74. The quantitative estimate of drug-likeness (QED) is 0.845. The van der Waals surface area contributed by atoms with Crippen molar-refractivity contribution in [1.82, 2.24) is 10.1 Å². The van der Waals surface area contributed by atoms with E-state index in [4.69, 9.17) is 4.52 Å². The molecular formula is C15H15FN2O2. The number of hydrogen-bond donors (Lipinski definition) is 0. The van der Waals surface area contributed by atoms with Crippen molar-refractivity contribution < 1.29 is 13.7 Å². The Morgan fingerprint density at radius 2 is 2.05 bits per heavy atom. The van der Waals surface area contributed by atoms with Gasteiger partial charge in [0.05, 0.1) is 11.7 Å². The highest BCUT2D eigenvalue weighted by Crippen LogP contribution is 2.35. The van der Waals surface area contributed by atoms with E-state index in [1.807, 2.05) is 0 Å². The lowest BCUT2D eigenvalue weighted by Gasteiger charge is -2.41. The van der Waals surface area contributed by atoms with Crippen LogP contribution in [0.3, 0.4) is 0 Å². The molecule has 1 aliphatic rings. The maximum absolute atomic E-state index is 13.0. The SMILES string of the molecule is Cc1noc(C)c1C(=O)N1CCC1c1ccc(F)cc1. The van der Waals surface area contributed by atoms with Crippen molar-refractivity contribution in [2.45, 2.75) is 26.3 Å². The van der Waals surface area contributed by atoms with Crippen LogP contribution in [0.2, 0.25) is 0 Å². The Morgan fingerprint density at radius 1 is 1.35 bits per heavy atom. The van der Waals surface area contributed by atoms with Crippen molar-refractivity contribution in [3.8, 4) is 0 Å². The monoisotopic (exact) mass is 274 g/mol. The van der Waals surface area contributed by atoms with E-state index in [-0.39, 0.29) is 17.8 Å². The number of nitrogens with zero attached hydrogens (tertiary/aromatic N) is 2. The Hall–Kier alpha value is -2.17. The molecule has 104 valence electrons. The number of halogens is 1. The number of hydrogen-bond acceptors (Lipinski definition) is 3. The van der Waals surface area contributed by atoms with E-state index in [2.05, 4.69) is 5.16 Å². The fourth-order valence-corrected chi connectivity index (χ4v) is 2.59. The molecule has 4 nitrogen and oxygen atoms in total. The lowest BCUT2D eigenvalue weighted by Crippen LogP contribution is -2.45. The van der Waals surface area contributed by atoms with Gasteiger partial charge in [-0.25, -0.2) is 4.39 Å². The molecule has 0 saturated carbocycles.